The number of unbranched alkanes of at least 4 members (excludes halogenated alkanes) is 1. The highest BCUT2D eigenvalue weighted by Crippen LogP contribution is 2.20. The lowest BCUT2D eigenvalue weighted by molar-refractivity contribution is 0.0489. The quantitative estimate of drug-likeness (QED) is 0.607. The Hall–Kier alpha value is -1.55. The van der Waals surface area contributed by atoms with E-state index in [0.717, 1.165) is 5.56 Å². The molecule has 1 rings (SSSR count). The first kappa shape index (κ1) is 13.5. The Bertz CT molecular complexity index is 374. The van der Waals surface area contributed by atoms with E-state index in [1.165, 1.54) is 7.11 Å². The zero-order valence-electron chi connectivity index (χ0n) is 10.2. The summed E-state index contributed by atoms with van der Waals surface area (Å²) in [6, 6.07) is 5.37. The van der Waals surface area contributed by atoms with E-state index in [1.54, 1.807) is 12.1 Å². The summed E-state index contributed by atoms with van der Waals surface area (Å²) in [5.74, 6) is 0.131. The summed E-state index contributed by atoms with van der Waals surface area (Å²) in [5.41, 5.74) is 1.42. The fourth-order valence-electron chi connectivity index (χ4n) is 1.44. The van der Waals surface area contributed by atoms with Crippen LogP contribution in [0, 0.1) is 6.92 Å². The minimum Gasteiger partial charge on any atom is -0.496 e. The maximum atomic E-state index is 11.8. The van der Waals surface area contributed by atoms with E-state index in [1.807, 2.05) is 13.0 Å². The number of esters is 1. The van der Waals surface area contributed by atoms with E-state index < -0.39 is 0 Å². The Balaban J connectivity index is 2.64. The third-order valence-corrected chi connectivity index (χ3v) is 2.36. The van der Waals surface area contributed by atoms with Gasteiger partial charge in [0.1, 0.15) is 11.3 Å². The molecule has 0 atom stereocenters. The molecule has 0 aliphatic rings. The molecule has 0 aliphatic heterocycles. The molecule has 0 radical (unpaired) electrons. The van der Waals surface area contributed by atoms with Gasteiger partial charge in [-0.3, -0.25) is 0 Å². The number of benzene rings is 1. The van der Waals surface area contributed by atoms with Gasteiger partial charge in [-0.05, 0) is 31.9 Å². The van der Waals surface area contributed by atoms with Gasteiger partial charge in [0.2, 0.25) is 0 Å². The van der Waals surface area contributed by atoms with E-state index in [9.17, 15) is 4.79 Å². The SMILES string of the molecule is COc1ccc(C)cc1C(=O)OCCCCO. The van der Waals surface area contributed by atoms with Crippen molar-refractivity contribution in [1.82, 2.24) is 0 Å². The van der Waals surface area contributed by atoms with Crippen LogP contribution in [0.15, 0.2) is 18.2 Å². The normalized spacial score (nSPS) is 10.1. The fourth-order valence-corrected chi connectivity index (χ4v) is 1.44. The molecule has 0 saturated carbocycles. The summed E-state index contributed by atoms with van der Waals surface area (Å²) in [6.07, 6.45) is 1.30. The lowest BCUT2D eigenvalue weighted by atomic mass is 10.1. The zero-order chi connectivity index (χ0) is 12.7. The minimum atomic E-state index is -0.386. The minimum absolute atomic E-state index is 0.116. The van der Waals surface area contributed by atoms with Crippen molar-refractivity contribution in [2.45, 2.75) is 19.8 Å². The largest absolute Gasteiger partial charge is 0.496 e. The van der Waals surface area contributed by atoms with Crippen LogP contribution in [0.2, 0.25) is 0 Å². The van der Waals surface area contributed by atoms with Gasteiger partial charge in [0.25, 0.3) is 0 Å². The summed E-state index contributed by atoms with van der Waals surface area (Å²) in [7, 11) is 1.52. The monoisotopic (exact) mass is 238 g/mol. The Morgan fingerprint density at radius 3 is 2.76 bits per heavy atom. The predicted molar refractivity (Wildman–Crippen MR) is 64.3 cm³/mol. The summed E-state index contributed by atoms with van der Waals surface area (Å²) in [6.45, 7) is 2.34. The number of carbonyl (C=O) groups excluding carboxylic acids is 1. The van der Waals surface area contributed by atoms with Gasteiger partial charge in [0.05, 0.1) is 13.7 Å². The Morgan fingerprint density at radius 2 is 2.12 bits per heavy atom. The molecule has 17 heavy (non-hydrogen) atoms. The van der Waals surface area contributed by atoms with Crippen LogP contribution in [0.1, 0.15) is 28.8 Å². The van der Waals surface area contributed by atoms with Crippen LogP contribution in [-0.4, -0.2) is 31.4 Å². The summed E-state index contributed by atoms with van der Waals surface area (Å²) < 4.78 is 10.2. The predicted octanol–water partition coefficient (Wildman–Crippen LogP) is 1.93. The molecule has 1 aromatic rings. The number of ether oxygens (including phenoxy) is 2. The molecule has 1 aromatic carbocycles. The highest BCUT2D eigenvalue weighted by Gasteiger charge is 2.13. The van der Waals surface area contributed by atoms with Gasteiger partial charge in [-0.15, -0.1) is 0 Å². The summed E-state index contributed by atoms with van der Waals surface area (Å²) >= 11 is 0. The molecule has 4 heteroatoms. The van der Waals surface area contributed by atoms with E-state index in [-0.39, 0.29) is 12.6 Å². The molecule has 0 amide bonds. The number of hydrogen-bond donors (Lipinski definition) is 1. The highest BCUT2D eigenvalue weighted by molar-refractivity contribution is 5.92. The van der Waals surface area contributed by atoms with Crippen molar-refractivity contribution < 1.29 is 19.4 Å². The van der Waals surface area contributed by atoms with Gasteiger partial charge in [-0.25, -0.2) is 4.79 Å². The number of methoxy groups -OCH3 is 1. The van der Waals surface area contributed by atoms with Crippen LogP contribution >= 0.6 is 0 Å². The summed E-state index contributed by atoms with van der Waals surface area (Å²) in [4.78, 5) is 11.8. The van der Waals surface area contributed by atoms with Crippen molar-refractivity contribution in [1.29, 1.82) is 0 Å². The van der Waals surface area contributed by atoms with E-state index in [4.69, 9.17) is 14.6 Å². The first-order chi connectivity index (χ1) is 8.19. The Labute approximate surface area is 101 Å². The molecular formula is C13H18O4. The topological polar surface area (TPSA) is 55.8 Å². The average molecular weight is 238 g/mol. The molecule has 0 aromatic heterocycles. The van der Waals surface area contributed by atoms with Crippen LogP contribution in [0.5, 0.6) is 5.75 Å². The third kappa shape index (κ3) is 4.07. The fraction of sp³-hybridized carbons (Fsp3) is 0.462. The molecule has 0 aliphatic carbocycles. The maximum absolute atomic E-state index is 11.8. The second-order valence-corrected chi connectivity index (χ2v) is 3.77. The van der Waals surface area contributed by atoms with Gasteiger partial charge >= 0.3 is 5.97 Å². The molecule has 0 spiro atoms. The van der Waals surface area contributed by atoms with Gasteiger partial charge in [-0.1, -0.05) is 11.6 Å². The number of aliphatic hydroxyl groups is 1. The maximum Gasteiger partial charge on any atom is 0.341 e. The molecular weight excluding hydrogens is 220 g/mol. The van der Waals surface area contributed by atoms with E-state index >= 15 is 0 Å². The Kier molecular flexibility index (Phi) is 5.49. The zero-order valence-corrected chi connectivity index (χ0v) is 10.2. The molecule has 0 unspecified atom stereocenters. The Morgan fingerprint density at radius 1 is 1.35 bits per heavy atom. The highest BCUT2D eigenvalue weighted by atomic mass is 16.5. The van der Waals surface area contributed by atoms with Crippen LogP contribution in [-0.2, 0) is 4.74 Å². The number of carbonyl (C=O) groups is 1. The molecule has 1 N–H and O–H groups in total. The molecule has 0 fully saturated rings. The van der Waals surface area contributed by atoms with Crippen molar-refractivity contribution in [3.8, 4) is 5.75 Å². The van der Waals surface area contributed by atoms with Crippen molar-refractivity contribution in [3.05, 3.63) is 29.3 Å². The van der Waals surface area contributed by atoms with Crippen molar-refractivity contribution in [2.75, 3.05) is 20.3 Å². The number of rotatable bonds is 6. The van der Waals surface area contributed by atoms with Crippen LogP contribution < -0.4 is 4.74 Å². The van der Waals surface area contributed by atoms with Gasteiger partial charge in [0, 0.05) is 6.61 Å². The molecule has 0 bridgehead atoms. The van der Waals surface area contributed by atoms with Crippen molar-refractivity contribution in [3.63, 3.8) is 0 Å². The number of aliphatic hydroxyl groups excluding tert-OH is 1. The summed E-state index contributed by atoms with van der Waals surface area (Å²) in [5, 5.41) is 8.61. The number of aryl methyl sites for hydroxylation is 1. The standard InChI is InChI=1S/C13H18O4/c1-10-5-6-12(16-2)11(9-10)13(15)17-8-4-3-7-14/h5-6,9,14H,3-4,7-8H2,1-2H3. The van der Waals surface area contributed by atoms with Gasteiger partial charge < -0.3 is 14.6 Å². The van der Waals surface area contributed by atoms with Crippen molar-refractivity contribution >= 4 is 5.97 Å². The van der Waals surface area contributed by atoms with Crippen molar-refractivity contribution in [2.24, 2.45) is 0 Å². The van der Waals surface area contributed by atoms with Crippen LogP contribution in [0.4, 0.5) is 0 Å². The number of hydrogen-bond acceptors (Lipinski definition) is 4. The van der Waals surface area contributed by atoms with Crippen LogP contribution in [0.3, 0.4) is 0 Å². The molecule has 0 saturated heterocycles. The molecule has 0 heterocycles. The van der Waals surface area contributed by atoms with E-state index in [0.29, 0.717) is 30.8 Å². The second-order valence-electron chi connectivity index (χ2n) is 3.77. The molecule has 94 valence electrons. The van der Waals surface area contributed by atoms with Crippen LogP contribution in [0.25, 0.3) is 0 Å². The van der Waals surface area contributed by atoms with Gasteiger partial charge in [0.15, 0.2) is 0 Å². The second kappa shape index (κ2) is 6.91. The smallest absolute Gasteiger partial charge is 0.341 e. The lowest BCUT2D eigenvalue weighted by Gasteiger charge is -2.09. The lowest BCUT2D eigenvalue weighted by Crippen LogP contribution is -2.08. The first-order valence-electron chi connectivity index (χ1n) is 5.61. The first-order valence-corrected chi connectivity index (χ1v) is 5.61. The third-order valence-electron chi connectivity index (χ3n) is 2.36. The molecule has 4 nitrogen and oxygen atoms in total. The average Bonchev–Trinajstić information content (AvgIpc) is 2.34. The van der Waals surface area contributed by atoms with E-state index in [2.05, 4.69) is 0 Å². The van der Waals surface area contributed by atoms with Gasteiger partial charge in [-0.2, -0.15) is 0 Å².